The molecule has 8 heteroatoms. The van der Waals surface area contributed by atoms with E-state index in [1.165, 1.54) is 11.8 Å². The fraction of sp³-hybridized carbons (Fsp3) is 0.286. The minimum Gasteiger partial charge on any atom is -0.454 e. The zero-order valence-corrected chi connectivity index (χ0v) is 17.1. The number of hydrogen-bond acceptors (Lipinski definition) is 6. The van der Waals surface area contributed by atoms with Crippen molar-refractivity contribution in [1.82, 2.24) is 20.1 Å². The number of carbonyl (C=O) groups is 1. The molecule has 150 valence electrons. The van der Waals surface area contributed by atoms with E-state index in [9.17, 15) is 4.79 Å². The Hall–Kier alpha value is -3.00. The zero-order chi connectivity index (χ0) is 20.2. The molecule has 0 bridgehead atoms. The van der Waals surface area contributed by atoms with Crippen LogP contribution in [-0.4, -0.2) is 32.7 Å². The first kappa shape index (κ1) is 19.3. The Labute approximate surface area is 173 Å². The van der Waals surface area contributed by atoms with E-state index in [1.807, 2.05) is 54.8 Å². The van der Waals surface area contributed by atoms with E-state index < -0.39 is 0 Å². The number of ether oxygens (including phenoxy) is 2. The number of fused-ring (bicyclic) bond motifs is 1. The van der Waals surface area contributed by atoms with Crippen molar-refractivity contribution in [3.05, 3.63) is 65.5 Å². The van der Waals surface area contributed by atoms with Crippen LogP contribution in [0.25, 0.3) is 0 Å². The Kier molecular flexibility index (Phi) is 5.71. The fourth-order valence-electron chi connectivity index (χ4n) is 2.99. The van der Waals surface area contributed by atoms with Crippen LogP contribution in [0.3, 0.4) is 0 Å². The molecule has 1 atom stereocenters. The van der Waals surface area contributed by atoms with Crippen molar-refractivity contribution in [2.45, 2.75) is 37.3 Å². The summed E-state index contributed by atoms with van der Waals surface area (Å²) in [7, 11) is 0. The molecule has 0 aliphatic carbocycles. The van der Waals surface area contributed by atoms with Gasteiger partial charge in [0.25, 0.3) is 0 Å². The quantitative estimate of drug-likeness (QED) is 0.603. The zero-order valence-electron chi connectivity index (χ0n) is 16.3. The summed E-state index contributed by atoms with van der Waals surface area (Å²) < 4.78 is 12.7. The lowest BCUT2D eigenvalue weighted by atomic mass is 10.2. The number of thioether (sulfide) groups is 1. The van der Waals surface area contributed by atoms with Crippen LogP contribution in [0, 0.1) is 6.92 Å². The van der Waals surface area contributed by atoms with Crippen LogP contribution < -0.4 is 14.8 Å². The molecule has 1 amide bonds. The molecule has 4 rings (SSSR count). The lowest BCUT2D eigenvalue weighted by Crippen LogP contribution is -2.30. The van der Waals surface area contributed by atoms with E-state index in [2.05, 4.69) is 27.6 Å². The molecular formula is C21H22N4O3S. The Balaban J connectivity index is 1.36. The number of aryl methyl sites for hydroxylation is 1. The Bertz CT molecular complexity index is 1010. The summed E-state index contributed by atoms with van der Waals surface area (Å²) in [5.74, 6) is 2.21. The van der Waals surface area contributed by atoms with Gasteiger partial charge in [0.1, 0.15) is 5.82 Å². The molecule has 2 heterocycles. The van der Waals surface area contributed by atoms with Crippen molar-refractivity contribution in [3.8, 4) is 11.5 Å². The molecule has 1 N–H and O–H groups in total. The van der Waals surface area contributed by atoms with Gasteiger partial charge in [0, 0.05) is 6.54 Å². The number of rotatable bonds is 7. The third-order valence-electron chi connectivity index (χ3n) is 4.64. The Morgan fingerprint density at radius 2 is 1.93 bits per heavy atom. The summed E-state index contributed by atoms with van der Waals surface area (Å²) in [6, 6.07) is 15.8. The highest BCUT2D eigenvalue weighted by molar-refractivity contribution is 8.00. The average molecular weight is 410 g/mol. The standard InChI is InChI=1S/C21H22N4O3S/c1-14(20(26)22-11-17-8-9-18-19(10-17)28-13-27-18)29-21-24-23-15(2)25(21)12-16-6-4-3-5-7-16/h3-10,14H,11-13H2,1-2H3,(H,22,26)/t14-/m1/s1. The van der Waals surface area contributed by atoms with Gasteiger partial charge in [-0.3, -0.25) is 4.79 Å². The van der Waals surface area contributed by atoms with Crippen LogP contribution in [0.1, 0.15) is 23.9 Å². The highest BCUT2D eigenvalue weighted by Gasteiger charge is 2.20. The largest absolute Gasteiger partial charge is 0.454 e. The van der Waals surface area contributed by atoms with Gasteiger partial charge in [0.05, 0.1) is 11.8 Å². The molecular weight excluding hydrogens is 388 g/mol. The predicted molar refractivity (Wildman–Crippen MR) is 110 cm³/mol. The Morgan fingerprint density at radius 1 is 1.14 bits per heavy atom. The number of carbonyl (C=O) groups excluding carboxylic acids is 1. The van der Waals surface area contributed by atoms with Crippen LogP contribution in [0.15, 0.2) is 53.7 Å². The van der Waals surface area contributed by atoms with Crippen LogP contribution in [-0.2, 0) is 17.9 Å². The van der Waals surface area contributed by atoms with E-state index in [0.717, 1.165) is 27.9 Å². The molecule has 0 saturated carbocycles. The molecule has 0 unspecified atom stereocenters. The molecule has 0 radical (unpaired) electrons. The van der Waals surface area contributed by atoms with E-state index >= 15 is 0 Å². The number of nitrogens with one attached hydrogen (secondary N) is 1. The number of aromatic nitrogens is 3. The van der Waals surface area contributed by atoms with Gasteiger partial charge in [-0.15, -0.1) is 10.2 Å². The number of amides is 1. The van der Waals surface area contributed by atoms with E-state index in [-0.39, 0.29) is 18.0 Å². The summed E-state index contributed by atoms with van der Waals surface area (Å²) in [4.78, 5) is 12.6. The topological polar surface area (TPSA) is 78.3 Å². The first-order chi connectivity index (χ1) is 14.1. The molecule has 29 heavy (non-hydrogen) atoms. The SMILES string of the molecule is Cc1nnc(S[C@H](C)C(=O)NCc2ccc3c(c2)OCO3)n1Cc1ccccc1. The first-order valence-electron chi connectivity index (χ1n) is 9.37. The van der Waals surface area contributed by atoms with Crippen molar-refractivity contribution >= 4 is 17.7 Å². The smallest absolute Gasteiger partial charge is 0.233 e. The van der Waals surface area contributed by atoms with Gasteiger partial charge in [-0.2, -0.15) is 0 Å². The van der Waals surface area contributed by atoms with Gasteiger partial charge in [0.15, 0.2) is 16.7 Å². The molecule has 1 aliphatic rings. The number of benzene rings is 2. The lowest BCUT2D eigenvalue weighted by Gasteiger charge is -2.13. The molecule has 1 aromatic heterocycles. The van der Waals surface area contributed by atoms with Crippen LogP contribution in [0.5, 0.6) is 11.5 Å². The summed E-state index contributed by atoms with van der Waals surface area (Å²) in [5, 5.41) is 11.8. The van der Waals surface area contributed by atoms with Gasteiger partial charge in [-0.25, -0.2) is 0 Å². The van der Waals surface area contributed by atoms with Crippen LogP contribution >= 0.6 is 11.8 Å². The summed E-state index contributed by atoms with van der Waals surface area (Å²) in [5.41, 5.74) is 2.13. The summed E-state index contributed by atoms with van der Waals surface area (Å²) >= 11 is 1.41. The Morgan fingerprint density at radius 3 is 2.76 bits per heavy atom. The van der Waals surface area contributed by atoms with Crippen molar-refractivity contribution in [2.24, 2.45) is 0 Å². The fourth-order valence-corrected chi connectivity index (χ4v) is 3.91. The second-order valence-electron chi connectivity index (χ2n) is 6.77. The summed E-state index contributed by atoms with van der Waals surface area (Å²) in [6.07, 6.45) is 0. The monoisotopic (exact) mass is 410 g/mol. The average Bonchev–Trinajstić information content (AvgIpc) is 3.34. The maximum absolute atomic E-state index is 12.6. The van der Waals surface area contributed by atoms with Gasteiger partial charge >= 0.3 is 0 Å². The molecule has 3 aromatic rings. The van der Waals surface area contributed by atoms with Crippen molar-refractivity contribution in [2.75, 3.05) is 6.79 Å². The van der Waals surface area contributed by atoms with Gasteiger partial charge in [-0.1, -0.05) is 48.2 Å². The van der Waals surface area contributed by atoms with E-state index in [0.29, 0.717) is 18.8 Å². The second kappa shape index (κ2) is 8.57. The number of hydrogen-bond donors (Lipinski definition) is 1. The number of nitrogens with zero attached hydrogens (tertiary/aromatic N) is 3. The highest BCUT2D eigenvalue weighted by atomic mass is 32.2. The highest BCUT2D eigenvalue weighted by Crippen LogP contribution is 2.32. The minimum absolute atomic E-state index is 0.0559. The lowest BCUT2D eigenvalue weighted by molar-refractivity contribution is -0.120. The van der Waals surface area contributed by atoms with Crippen LogP contribution in [0.2, 0.25) is 0 Å². The second-order valence-corrected chi connectivity index (χ2v) is 8.07. The molecule has 0 saturated heterocycles. The van der Waals surface area contributed by atoms with Crippen molar-refractivity contribution in [1.29, 1.82) is 0 Å². The van der Waals surface area contributed by atoms with Gasteiger partial charge in [-0.05, 0) is 37.1 Å². The molecule has 2 aromatic carbocycles. The normalized spacial score (nSPS) is 13.3. The molecule has 1 aliphatic heterocycles. The maximum atomic E-state index is 12.6. The van der Waals surface area contributed by atoms with Crippen LogP contribution in [0.4, 0.5) is 0 Å². The van der Waals surface area contributed by atoms with Crippen molar-refractivity contribution in [3.63, 3.8) is 0 Å². The van der Waals surface area contributed by atoms with E-state index in [1.54, 1.807) is 0 Å². The molecule has 0 fully saturated rings. The molecule has 7 nitrogen and oxygen atoms in total. The third-order valence-corrected chi connectivity index (χ3v) is 5.72. The van der Waals surface area contributed by atoms with Gasteiger partial charge in [0.2, 0.25) is 12.7 Å². The third kappa shape index (κ3) is 4.54. The van der Waals surface area contributed by atoms with Gasteiger partial charge < -0.3 is 19.4 Å². The maximum Gasteiger partial charge on any atom is 0.233 e. The van der Waals surface area contributed by atoms with Crippen molar-refractivity contribution < 1.29 is 14.3 Å². The minimum atomic E-state index is -0.304. The first-order valence-corrected chi connectivity index (χ1v) is 10.2. The van der Waals surface area contributed by atoms with E-state index in [4.69, 9.17) is 9.47 Å². The summed E-state index contributed by atoms with van der Waals surface area (Å²) in [6.45, 7) is 5.13. The predicted octanol–water partition coefficient (Wildman–Crippen LogP) is 3.16. The molecule has 0 spiro atoms.